The number of carbonyl (C=O) groups is 1. The van der Waals surface area contributed by atoms with Crippen LogP contribution in [0, 0.1) is 0 Å². The molecule has 0 atom stereocenters. The number of amides is 1. The van der Waals surface area contributed by atoms with Crippen molar-refractivity contribution < 1.29 is 4.79 Å². The number of carbonyl (C=O) groups excluding carboxylic acids is 1. The van der Waals surface area contributed by atoms with Crippen LogP contribution in [-0.2, 0) is 0 Å². The lowest BCUT2D eigenvalue weighted by Gasteiger charge is -2.23. The minimum absolute atomic E-state index is 0.0308. The van der Waals surface area contributed by atoms with Gasteiger partial charge in [-0.2, -0.15) is 0 Å². The second kappa shape index (κ2) is 5.82. The highest BCUT2D eigenvalue weighted by molar-refractivity contribution is 5.94. The van der Waals surface area contributed by atoms with Crippen molar-refractivity contribution in [3.63, 3.8) is 0 Å². The summed E-state index contributed by atoms with van der Waals surface area (Å²) in [6, 6.07) is 8.05. The Morgan fingerprint density at radius 2 is 2.18 bits per heavy atom. The molecule has 1 aliphatic rings. The van der Waals surface area contributed by atoms with Crippen LogP contribution in [0.1, 0.15) is 41.6 Å². The van der Waals surface area contributed by atoms with Gasteiger partial charge in [0, 0.05) is 12.1 Å². The predicted octanol–water partition coefficient (Wildman–Crippen LogP) is 1.90. The lowest BCUT2D eigenvalue weighted by atomic mass is 9.89. The van der Waals surface area contributed by atoms with Gasteiger partial charge in [0.1, 0.15) is 0 Å². The standard InChI is InChI=1S/C14H20N2O/c1-2-16-14(17)13-5-3-4-12(10-13)11-6-8-15-9-7-11/h3-5,10-11,15H,2,6-9H2,1H3,(H,16,17). The summed E-state index contributed by atoms with van der Waals surface area (Å²) >= 11 is 0. The van der Waals surface area contributed by atoms with Gasteiger partial charge in [0.15, 0.2) is 0 Å². The molecule has 3 nitrogen and oxygen atoms in total. The topological polar surface area (TPSA) is 41.1 Å². The molecule has 1 aromatic carbocycles. The fourth-order valence-corrected chi connectivity index (χ4v) is 2.35. The van der Waals surface area contributed by atoms with Crippen molar-refractivity contribution in [2.75, 3.05) is 19.6 Å². The number of benzene rings is 1. The third kappa shape index (κ3) is 3.07. The Labute approximate surface area is 103 Å². The molecular formula is C14H20N2O. The maximum atomic E-state index is 11.8. The minimum atomic E-state index is 0.0308. The monoisotopic (exact) mass is 232 g/mol. The molecule has 17 heavy (non-hydrogen) atoms. The number of piperidine rings is 1. The van der Waals surface area contributed by atoms with E-state index >= 15 is 0 Å². The Bertz CT molecular complexity index is 384. The summed E-state index contributed by atoms with van der Waals surface area (Å²) < 4.78 is 0. The third-order valence-corrected chi connectivity index (χ3v) is 3.30. The lowest BCUT2D eigenvalue weighted by Crippen LogP contribution is -2.27. The minimum Gasteiger partial charge on any atom is -0.352 e. The van der Waals surface area contributed by atoms with Crippen LogP contribution in [0.25, 0.3) is 0 Å². The number of hydrogen-bond donors (Lipinski definition) is 2. The highest BCUT2D eigenvalue weighted by atomic mass is 16.1. The van der Waals surface area contributed by atoms with Gasteiger partial charge in [-0.1, -0.05) is 12.1 Å². The van der Waals surface area contributed by atoms with Crippen molar-refractivity contribution in [2.45, 2.75) is 25.7 Å². The zero-order chi connectivity index (χ0) is 12.1. The quantitative estimate of drug-likeness (QED) is 0.835. The zero-order valence-corrected chi connectivity index (χ0v) is 10.3. The molecule has 2 N–H and O–H groups in total. The average molecular weight is 232 g/mol. The van der Waals surface area contributed by atoms with Crippen molar-refractivity contribution in [3.05, 3.63) is 35.4 Å². The molecule has 0 aliphatic carbocycles. The van der Waals surface area contributed by atoms with Crippen LogP contribution in [0.15, 0.2) is 24.3 Å². The van der Waals surface area contributed by atoms with E-state index in [1.165, 1.54) is 18.4 Å². The number of rotatable bonds is 3. The molecule has 1 heterocycles. The number of nitrogens with one attached hydrogen (secondary N) is 2. The molecule has 1 saturated heterocycles. The fraction of sp³-hybridized carbons (Fsp3) is 0.500. The van der Waals surface area contributed by atoms with Crippen LogP contribution < -0.4 is 10.6 Å². The average Bonchev–Trinajstić information content (AvgIpc) is 2.40. The van der Waals surface area contributed by atoms with E-state index in [0.717, 1.165) is 18.7 Å². The molecule has 92 valence electrons. The normalized spacial score (nSPS) is 16.8. The first kappa shape index (κ1) is 12.1. The van der Waals surface area contributed by atoms with Gasteiger partial charge >= 0.3 is 0 Å². The van der Waals surface area contributed by atoms with E-state index in [-0.39, 0.29) is 5.91 Å². The Kier molecular flexibility index (Phi) is 4.15. The van der Waals surface area contributed by atoms with Crippen LogP contribution in [-0.4, -0.2) is 25.5 Å². The van der Waals surface area contributed by atoms with Gasteiger partial charge in [0.05, 0.1) is 0 Å². The molecule has 1 amide bonds. The summed E-state index contributed by atoms with van der Waals surface area (Å²) in [5, 5.41) is 6.20. The molecule has 0 spiro atoms. The highest BCUT2D eigenvalue weighted by Crippen LogP contribution is 2.25. The van der Waals surface area contributed by atoms with Crippen molar-refractivity contribution in [3.8, 4) is 0 Å². The van der Waals surface area contributed by atoms with Gasteiger partial charge in [0.25, 0.3) is 5.91 Å². The Morgan fingerprint density at radius 3 is 2.88 bits per heavy atom. The molecular weight excluding hydrogens is 212 g/mol. The van der Waals surface area contributed by atoms with E-state index in [1.807, 2.05) is 25.1 Å². The fourth-order valence-electron chi connectivity index (χ4n) is 2.35. The summed E-state index contributed by atoms with van der Waals surface area (Å²) in [4.78, 5) is 11.8. The number of hydrogen-bond acceptors (Lipinski definition) is 2. The first-order chi connectivity index (χ1) is 8.31. The van der Waals surface area contributed by atoms with Crippen LogP contribution in [0.5, 0.6) is 0 Å². The van der Waals surface area contributed by atoms with Crippen molar-refractivity contribution in [2.24, 2.45) is 0 Å². The van der Waals surface area contributed by atoms with E-state index in [2.05, 4.69) is 16.7 Å². The Morgan fingerprint density at radius 1 is 1.41 bits per heavy atom. The molecule has 1 aliphatic heterocycles. The lowest BCUT2D eigenvalue weighted by molar-refractivity contribution is 0.0955. The largest absolute Gasteiger partial charge is 0.352 e. The van der Waals surface area contributed by atoms with Crippen molar-refractivity contribution >= 4 is 5.91 Å². The molecule has 1 fully saturated rings. The highest BCUT2D eigenvalue weighted by Gasteiger charge is 2.16. The Hall–Kier alpha value is -1.35. The maximum absolute atomic E-state index is 11.8. The van der Waals surface area contributed by atoms with Crippen LogP contribution >= 0.6 is 0 Å². The van der Waals surface area contributed by atoms with E-state index in [1.54, 1.807) is 0 Å². The van der Waals surface area contributed by atoms with Crippen molar-refractivity contribution in [1.82, 2.24) is 10.6 Å². The van der Waals surface area contributed by atoms with Crippen LogP contribution in [0.2, 0.25) is 0 Å². The second-order valence-corrected chi connectivity index (χ2v) is 4.51. The van der Waals surface area contributed by atoms with Crippen molar-refractivity contribution in [1.29, 1.82) is 0 Å². The van der Waals surface area contributed by atoms with Gasteiger partial charge in [-0.05, 0) is 56.5 Å². The van der Waals surface area contributed by atoms with Gasteiger partial charge in [0.2, 0.25) is 0 Å². The molecule has 2 rings (SSSR count). The van der Waals surface area contributed by atoms with E-state index in [0.29, 0.717) is 12.5 Å². The van der Waals surface area contributed by atoms with E-state index in [4.69, 9.17) is 0 Å². The summed E-state index contributed by atoms with van der Waals surface area (Å²) in [7, 11) is 0. The summed E-state index contributed by atoms with van der Waals surface area (Å²) in [6.45, 7) is 4.77. The first-order valence-electron chi connectivity index (χ1n) is 6.40. The van der Waals surface area contributed by atoms with Gasteiger partial charge in [-0.25, -0.2) is 0 Å². The third-order valence-electron chi connectivity index (χ3n) is 3.30. The second-order valence-electron chi connectivity index (χ2n) is 4.51. The van der Waals surface area contributed by atoms with Gasteiger partial charge in [-0.3, -0.25) is 4.79 Å². The van der Waals surface area contributed by atoms with Crippen LogP contribution in [0.4, 0.5) is 0 Å². The molecule has 1 aromatic rings. The first-order valence-corrected chi connectivity index (χ1v) is 6.40. The molecule has 0 bridgehead atoms. The van der Waals surface area contributed by atoms with Gasteiger partial charge in [-0.15, -0.1) is 0 Å². The predicted molar refractivity (Wildman–Crippen MR) is 69.3 cm³/mol. The molecule has 0 unspecified atom stereocenters. The smallest absolute Gasteiger partial charge is 0.251 e. The van der Waals surface area contributed by atoms with E-state index < -0.39 is 0 Å². The summed E-state index contributed by atoms with van der Waals surface area (Å²) in [5.41, 5.74) is 2.08. The summed E-state index contributed by atoms with van der Waals surface area (Å²) in [6.07, 6.45) is 2.33. The van der Waals surface area contributed by atoms with Crippen LogP contribution in [0.3, 0.4) is 0 Å². The summed E-state index contributed by atoms with van der Waals surface area (Å²) in [5.74, 6) is 0.633. The maximum Gasteiger partial charge on any atom is 0.251 e. The molecule has 0 radical (unpaired) electrons. The Balaban J connectivity index is 2.12. The van der Waals surface area contributed by atoms with Gasteiger partial charge < -0.3 is 10.6 Å². The van der Waals surface area contributed by atoms with E-state index in [9.17, 15) is 4.79 Å². The molecule has 0 saturated carbocycles. The SMILES string of the molecule is CCNC(=O)c1cccc(C2CCNCC2)c1. The molecule has 0 aromatic heterocycles. The molecule has 3 heteroatoms. The zero-order valence-electron chi connectivity index (χ0n) is 10.3.